The minimum Gasteiger partial charge on any atom is -0.482 e. The molecule has 2 aromatic rings. The van der Waals surface area contributed by atoms with Crippen molar-refractivity contribution in [1.29, 1.82) is 5.26 Å². The summed E-state index contributed by atoms with van der Waals surface area (Å²) in [6.45, 7) is 0.141. The molecule has 0 saturated heterocycles. The number of nitriles is 1. The first kappa shape index (κ1) is 14.0. The van der Waals surface area contributed by atoms with Gasteiger partial charge in [-0.05, 0) is 30.3 Å². The molecule has 0 radical (unpaired) electrons. The minimum atomic E-state index is -0.290. The first-order valence-corrected chi connectivity index (χ1v) is 6.18. The summed E-state index contributed by atoms with van der Waals surface area (Å²) in [5, 5.41) is 11.6. The van der Waals surface area contributed by atoms with Crippen molar-refractivity contribution in [3.63, 3.8) is 0 Å². The van der Waals surface area contributed by atoms with Crippen LogP contribution in [0.5, 0.6) is 5.75 Å². The Labute approximate surface area is 120 Å². The number of hydrogen-bond acceptors (Lipinski definition) is 4. The molecule has 0 spiro atoms. The third-order valence-corrected chi connectivity index (χ3v) is 2.76. The van der Waals surface area contributed by atoms with Gasteiger partial charge in [0.2, 0.25) is 0 Å². The highest BCUT2D eigenvalue weighted by atomic mass is 35.5. The van der Waals surface area contributed by atoms with Crippen LogP contribution in [0.25, 0.3) is 0 Å². The van der Waals surface area contributed by atoms with E-state index in [1.54, 1.807) is 24.3 Å². The molecule has 0 saturated carbocycles. The van der Waals surface area contributed by atoms with E-state index in [-0.39, 0.29) is 12.5 Å². The van der Waals surface area contributed by atoms with Crippen LogP contribution in [-0.2, 0) is 11.3 Å². The molecule has 1 aromatic carbocycles. The number of amides is 1. The van der Waals surface area contributed by atoms with Crippen molar-refractivity contribution < 1.29 is 13.9 Å². The summed E-state index contributed by atoms with van der Waals surface area (Å²) >= 11 is 5.93. The molecule has 0 atom stereocenters. The molecule has 102 valence electrons. The van der Waals surface area contributed by atoms with Gasteiger partial charge in [0.15, 0.2) is 6.61 Å². The van der Waals surface area contributed by atoms with Crippen LogP contribution in [-0.4, -0.2) is 12.5 Å². The molecule has 0 aliphatic heterocycles. The van der Waals surface area contributed by atoms with Gasteiger partial charge in [-0.2, -0.15) is 5.26 Å². The largest absolute Gasteiger partial charge is 0.482 e. The third-order valence-electron chi connectivity index (χ3n) is 2.46. The summed E-state index contributed by atoms with van der Waals surface area (Å²) in [4.78, 5) is 11.6. The molecule has 20 heavy (non-hydrogen) atoms. The summed E-state index contributed by atoms with van der Waals surface area (Å²) in [7, 11) is 0. The predicted molar refractivity (Wildman–Crippen MR) is 72.2 cm³/mol. The Morgan fingerprint density at radius 1 is 1.45 bits per heavy atom. The van der Waals surface area contributed by atoms with Crippen LogP contribution in [0.2, 0.25) is 5.02 Å². The molecule has 2 rings (SSSR count). The highest BCUT2D eigenvalue weighted by molar-refractivity contribution is 6.32. The van der Waals surface area contributed by atoms with E-state index in [4.69, 9.17) is 26.0 Å². The summed E-state index contributed by atoms with van der Waals surface area (Å²) in [6, 6.07) is 10.1. The number of furan rings is 1. The Kier molecular flexibility index (Phi) is 4.64. The Bertz CT molecular complexity index is 632. The quantitative estimate of drug-likeness (QED) is 0.918. The Hall–Kier alpha value is -2.45. The van der Waals surface area contributed by atoms with E-state index in [9.17, 15) is 4.79 Å². The molecule has 0 aliphatic rings. The fourth-order valence-electron chi connectivity index (χ4n) is 1.48. The number of nitrogens with one attached hydrogen (secondary N) is 1. The van der Waals surface area contributed by atoms with Crippen molar-refractivity contribution in [3.05, 3.63) is 52.9 Å². The van der Waals surface area contributed by atoms with Crippen LogP contribution >= 0.6 is 11.6 Å². The standard InChI is InChI=1S/C14H11ClN2O3/c15-12-6-10(7-16)3-4-13(12)20-9-14(18)17-8-11-2-1-5-19-11/h1-6H,8-9H2,(H,17,18). The lowest BCUT2D eigenvalue weighted by Gasteiger charge is -2.08. The molecule has 6 heteroatoms. The van der Waals surface area contributed by atoms with Gasteiger partial charge in [-0.3, -0.25) is 4.79 Å². The summed E-state index contributed by atoms with van der Waals surface area (Å²) in [6.07, 6.45) is 1.54. The topological polar surface area (TPSA) is 75.3 Å². The van der Waals surface area contributed by atoms with E-state index in [2.05, 4.69) is 5.32 Å². The maximum atomic E-state index is 11.6. The van der Waals surface area contributed by atoms with Crippen LogP contribution in [0.4, 0.5) is 0 Å². The Balaban J connectivity index is 1.83. The molecule has 1 aromatic heterocycles. The number of carbonyl (C=O) groups is 1. The molecule has 1 N–H and O–H groups in total. The van der Waals surface area contributed by atoms with Crippen LogP contribution in [0.1, 0.15) is 11.3 Å². The molecule has 1 amide bonds. The van der Waals surface area contributed by atoms with Gasteiger partial charge in [0, 0.05) is 0 Å². The smallest absolute Gasteiger partial charge is 0.258 e. The van der Waals surface area contributed by atoms with Crippen molar-refractivity contribution >= 4 is 17.5 Å². The predicted octanol–water partition coefficient (Wildman–Crippen LogP) is 2.50. The van der Waals surface area contributed by atoms with Gasteiger partial charge < -0.3 is 14.5 Å². The number of ether oxygens (including phenoxy) is 1. The second-order valence-corrected chi connectivity index (χ2v) is 4.31. The van der Waals surface area contributed by atoms with Crippen LogP contribution < -0.4 is 10.1 Å². The maximum Gasteiger partial charge on any atom is 0.258 e. The van der Waals surface area contributed by atoms with E-state index in [0.717, 1.165) is 0 Å². The average molecular weight is 291 g/mol. The number of benzene rings is 1. The number of halogens is 1. The summed E-state index contributed by atoms with van der Waals surface area (Å²) in [5.41, 5.74) is 0.435. The maximum absolute atomic E-state index is 11.6. The van der Waals surface area contributed by atoms with E-state index >= 15 is 0 Å². The number of hydrogen-bond donors (Lipinski definition) is 1. The molecule has 0 fully saturated rings. The van der Waals surface area contributed by atoms with Crippen molar-refractivity contribution in [2.75, 3.05) is 6.61 Å². The molecule has 0 bridgehead atoms. The van der Waals surface area contributed by atoms with Crippen LogP contribution in [0, 0.1) is 11.3 Å². The normalized spacial score (nSPS) is 9.80. The van der Waals surface area contributed by atoms with Crippen LogP contribution in [0.15, 0.2) is 41.0 Å². The number of nitrogens with zero attached hydrogens (tertiary/aromatic N) is 1. The third kappa shape index (κ3) is 3.77. The molecular weight excluding hydrogens is 280 g/mol. The van der Waals surface area contributed by atoms with Crippen LogP contribution in [0.3, 0.4) is 0 Å². The zero-order valence-electron chi connectivity index (χ0n) is 10.4. The SMILES string of the molecule is N#Cc1ccc(OCC(=O)NCc2ccco2)c(Cl)c1. The first-order chi connectivity index (χ1) is 9.69. The van der Waals surface area contributed by atoms with Gasteiger partial charge >= 0.3 is 0 Å². The van der Waals surface area contributed by atoms with E-state index in [1.807, 2.05) is 6.07 Å². The highest BCUT2D eigenvalue weighted by Crippen LogP contribution is 2.24. The van der Waals surface area contributed by atoms with Gasteiger partial charge in [0.05, 0.1) is 29.5 Å². The van der Waals surface area contributed by atoms with Gasteiger partial charge in [-0.25, -0.2) is 0 Å². The molecule has 1 heterocycles. The van der Waals surface area contributed by atoms with Gasteiger partial charge in [0.25, 0.3) is 5.91 Å². The van der Waals surface area contributed by atoms with Crippen molar-refractivity contribution in [2.45, 2.75) is 6.54 Å². The Morgan fingerprint density at radius 3 is 2.95 bits per heavy atom. The van der Waals surface area contributed by atoms with Gasteiger partial charge in [-0.15, -0.1) is 0 Å². The molecule has 5 nitrogen and oxygen atoms in total. The first-order valence-electron chi connectivity index (χ1n) is 5.80. The molecular formula is C14H11ClN2O3. The fraction of sp³-hybridized carbons (Fsp3) is 0.143. The lowest BCUT2D eigenvalue weighted by Crippen LogP contribution is -2.28. The van der Waals surface area contributed by atoms with Crippen molar-refractivity contribution in [3.8, 4) is 11.8 Å². The number of rotatable bonds is 5. The molecule has 0 aliphatic carbocycles. The minimum absolute atomic E-state index is 0.160. The second kappa shape index (κ2) is 6.64. The lowest BCUT2D eigenvalue weighted by molar-refractivity contribution is -0.123. The van der Waals surface area contributed by atoms with Gasteiger partial charge in [0.1, 0.15) is 11.5 Å². The monoisotopic (exact) mass is 290 g/mol. The van der Waals surface area contributed by atoms with Crippen molar-refractivity contribution in [1.82, 2.24) is 5.32 Å². The zero-order valence-corrected chi connectivity index (χ0v) is 11.2. The Morgan fingerprint density at radius 2 is 2.30 bits per heavy atom. The van der Waals surface area contributed by atoms with Gasteiger partial charge in [-0.1, -0.05) is 11.6 Å². The lowest BCUT2D eigenvalue weighted by atomic mass is 10.2. The van der Waals surface area contributed by atoms with E-state index in [1.165, 1.54) is 12.3 Å². The average Bonchev–Trinajstić information content (AvgIpc) is 2.97. The summed E-state index contributed by atoms with van der Waals surface area (Å²) < 4.78 is 10.4. The summed E-state index contributed by atoms with van der Waals surface area (Å²) in [5.74, 6) is 0.732. The van der Waals surface area contributed by atoms with Crippen molar-refractivity contribution in [2.24, 2.45) is 0 Å². The molecule has 0 unspecified atom stereocenters. The second-order valence-electron chi connectivity index (χ2n) is 3.90. The zero-order chi connectivity index (χ0) is 14.4. The highest BCUT2D eigenvalue weighted by Gasteiger charge is 2.07. The number of carbonyl (C=O) groups excluding carboxylic acids is 1. The fourth-order valence-corrected chi connectivity index (χ4v) is 1.72. The van der Waals surface area contributed by atoms with E-state index < -0.39 is 0 Å². The van der Waals surface area contributed by atoms with E-state index in [0.29, 0.717) is 28.6 Å².